The van der Waals surface area contributed by atoms with Gasteiger partial charge in [0.1, 0.15) is 5.75 Å². The van der Waals surface area contributed by atoms with Gasteiger partial charge in [-0.05, 0) is 68.4 Å². The van der Waals surface area contributed by atoms with E-state index in [2.05, 4.69) is 39.8 Å². The fraction of sp³-hybridized carbons (Fsp3) is 0.625. The SMILES string of the molecule is CCC(CC1OC1C)c1c(C)cc(OC)cc1C. The van der Waals surface area contributed by atoms with Crippen molar-refractivity contribution in [2.24, 2.45) is 0 Å². The van der Waals surface area contributed by atoms with E-state index in [1.54, 1.807) is 7.11 Å². The summed E-state index contributed by atoms with van der Waals surface area (Å²) < 4.78 is 10.9. The lowest BCUT2D eigenvalue weighted by Crippen LogP contribution is -2.07. The first-order valence-electron chi connectivity index (χ1n) is 6.87. The second-order valence-corrected chi connectivity index (χ2v) is 5.40. The predicted molar refractivity (Wildman–Crippen MR) is 74.5 cm³/mol. The standard InChI is InChI=1S/C16H24O2/c1-6-13(9-15-12(4)18-15)16-10(2)7-14(17-5)8-11(16)3/h7-8,12-13,15H,6,9H2,1-5H3. The van der Waals surface area contributed by atoms with Crippen molar-refractivity contribution in [2.45, 2.75) is 58.7 Å². The van der Waals surface area contributed by atoms with Gasteiger partial charge in [0.25, 0.3) is 0 Å². The van der Waals surface area contributed by atoms with Crippen molar-refractivity contribution >= 4 is 0 Å². The number of methoxy groups -OCH3 is 1. The molecule has 2 nitrogen and oxygen atoms in total. The number of aryl methyl sites for hydroxylation is 2. The summed E-state index contributed by atoms with van der Waals surface area (Å²) in [5, 5.41) is 0. The Kier molecular flexibility index (Phi) is 3.96. The highest BCUT2D eigenvalue weighted by molar-refractivity contribution is 5.43. The van der Waals surface area contributed by atoms with Crippen LogP contribution in [0.5, 0.6) is 5.75 Å². The summed E-state index contributed by atoms with van der Waals surface area (Å²) in [6.07, 6.45) is 3.24. The van der Waals surface area contributed by atoms with Gasteiger partial charge in [-0.3, -0.25) is 0 Å². The molecule has 0 radical (unpaired) electrons. The van der Waals surface area contributed by atoms with Crippen LogP contribution < -0.4 is 4.74 Å². The van der Waals surface area contributed by atoms with Gasteiger partial charge in [-0.25, -0.2) is 0 Å². The summed E-state index contributed by atoms with van der Waals surface area (Å²) in [6, 6.07) is 4.28. The maximum Gasteiger partial charge on any atom is 0.119 e. The van der Waals surface area contributed by atoms with Crippen molar-refractivity contribution in [3.63, 3.8) is 0 Å². The maximum atomic E-state index is 5.57. The van der Waals surface area contributed by atoms with Crippen LogP contribution in [0.15, 0.2) is 12.1 Å². The minimum Gasteiger partial charge on any atom is -0.497 e. The van der Waals surface area contributed by atoms with Gasteiger partial charge in [-0.15, -0.1) is 0 Å². The highest BCUT2D eigenvalue weighted by atomic mass is 16.6. The largest absolute Gasteiger partial charge is 0.497 e. The van der Waals surface area contributed by atoms with Crippen LogP contribution in [-0.4, -0.2) is 19.3 Å². The van der Waals surface area contributed by atoms with Crippen LogP contribution in [-0.2, 0) is 4.74 Å². The molecule has 0 aromatic heterocycles. The third-order valence-corrected chi connectivity index (χ3v) is 4.06. The lowest BCUT2D eigenvalue weighted by atomic mass is 9.85. The smallest absolute Gasteiger partial charge is 0.119 e. The second kappa shape index (κ2) is 5.31. The highest BCUT2D eigenvalue weighted by Gasteiger charge is 2.36. The molecular weight excluding hydrogens is 224 g/mol. The Morgan fingerprint density at radius 3 is 2.22 bits per heavy atom. The van der Waals surface area contributed by atoms with E-state index in [1.165, 1.54) is 23.1 Å². The minimum absolute atomic E-state index is 0.456. The van der Waals surface area contributed by atoms with Crippen LogP contribution in [0.2, 0.25) is 0 Å². The first-order chi connectivity index (χ1) is 8.56. The summed E-state index contributed by atoms with van der Waals surface area (Å²) >= 11 is 0. The van der Waals surface area contributed by atoms with Crippen molar-refractivity contribution in [1.29, 1.82) is 0 Å². The monoisotopic (exact) mass is 248 g/mol. The number of ether oxygens (including phenoxy) is 2. The van der Waals surface area contributed by atoms with Gasteiger partial charge in [-0.1, -0.05) is 6.92 Å². The van der Waals surface area contributed by atoms with Crippen LogP contribution in [0.3, 0.4) is 0 Å². The predicted octanol–water partition coefficient (Wildman–Crippen LogP) is 3.98. The molecule has 0 aliphatic carbocycles. The van der Waals surface area contributed by atoms with E-state index in [-0.39, 0.29) is 0 Å². The van der Waals surface area contributed by atoms with Gasteiger partial charge in [0.2, 0.25) is 0 Å². The zero-order valence-electron chi connectivity index (χ0n) is 12.1. The van der Waals surface area contributed by atoms with E-state index in [4.69, 9.17) is 9.47 Å². The van der Waals surface area contributed by atoms with Gasteiger partial charge < -0.3 is 9.47 Å². The molecule has 0 spiro atoms. The Morgan fingerprint density at radius 1 is 1.28 bits per heavy atom. The average molecular weight is 248 g/mol. The quantitative estimate of drug-likeness (QED) is 0.735. The molecule has 1 heterocycles. The molecule has 3 atom stereocenters. The van der Waals surface area contributed by atoms with Crippen molar-refractivity contribution in [2.75, 3.05) is 7.11 Å². The van der Waals surface area contributed by atoms with Crippen molar-refractivity contribution < 1.29 is 9.47 Å². The third kappa shape index (κ3) is 2.69. The number of hydrogen-bond donors (Lipinski definition) is 0. The van der Waals surface area contributed by atoms with E-state index < -0.39 is 0 Å². The van der Waals surface area contributed by atoms with Crippen LogP contribution in [0.4, 0.5) is 0 Å². The highest BCUT2D eigenvalue weighted by Crippen LogP contribution is 2.38. The Balaban J connectivity index is 2.24. The van der Waals surface area contributed by atoms with Crippen LogP contribution in [0.25, 0.3) is 0 Å². The molecule has 2 rings (SSSR count). The number of epoxide rings is 1. The van der Waals surface area contributed by atoms with Gasteiger partial charge in [0.15, 0.2) is 0 Å². The van der Waals surface area contributed by atoms with Gasteiger partial charge in [-0.2, -0.15) is 0 Å². The fourth-order valence-electron chi connectivity index (χ4n) is 2.94. The van der Waals surface area contributed by atoms with E-state index in [9.17, 15) is 0 Å². The van der Waals surface area contributed by atoms with Crippen molar-refractivity contribution in [3.05, 3.63) is 28.8 Å². The average Bonchev–Trinajstić information content (AvgIpc) is 3.02. The number of hydrogen-bond acceptors (Lipinski definition) is 2. The Bertz CT molecular complexity index is 402. The lowest BCUT2D eigenvalue weighted by molar-refractivity contribution is 0.357. The van der Waals surface area contributed by atoms with Crippen LogP contribution >= 0.6 is 0 Å². The molecule has 1 fully saturated rings. The van der Waals surface area contributed by atoms with E-state index in [1.807, 2.05) is 0 Å². The van der Waals surface area contributed by atoms with E-state index >= 15 is 0 Å². The molecule has 2 heteroatoms. The lowest BCUT2D eigenvalue weighted by Gasteiger charge is -2.20. The normalized spacial score (nSPS) is 23.8. The molecule has 0 saturated carbocycles. The molecule has 1 saturated heterocycles. The van der Waals surface area contributed by atoms with Gasteiger partial charge >= 0.3 is 0 Å². The Hall–Kier alpha value is -1.02. The molecule has 18 heavy (non-hydrogen) atoms. The molecule has 1 aliphatic heterocycles. The minimum atomic E-state index is 0.456. The molecule has 1 aromatic carbocycles. The molecule has 1 aromatic rings. The number of rotatable bonds is 5. The molecule has 3 unspecified atom stereocenters. The van der Waals surface area contributed by atoms with Crippen LogP contribution in [0.1, 0.15) is 49.3 Å². The second-order valence-electron chi connectivity index (χ2n) is 5.40. The van der Waals surface area contributed by atoms with E-state index in [0.29, 0.717) is 18.1 Å². The Labute approximate surface area is 110 Å². The molecule has 100 valence electrons. The zero-order chi connectivity index (χ0) is 13.3. The zero-order valence-corrected chi connectivity index (χ0v) is 12.1. The fourth-order valence-corrected chi connectivity index (χ4v) is 2.94. The Morgan fingerprint density at radius 2 is 1.83 bits per heavy atom. The van der Waals surface area contributed by atoms with E-state index in [0.717, 1.165) is 12.2 Å². The van der Waals surface area contributed by atoms with Gasteiger partial charge in [0, 0.05) is 0 Å². The first kappa shape index (κ1) is 13.4. The third-order valence-electron chi connectivity index (χ3n) is 4.06. The summed E-state index contributed by atoms with van der Waals surface area (Å²) in [5.74, 6) is 1.56. The first-order valence-corrected chi connectivity index (χ1v) is 6.87. The number of benzene rings is 1. The molecule has 0 bridgehead atoms. The topological polar surface area (TPSA) is 21.8 Å². The van der Waals surface area contributed by atoms with Crippen molar-refractivity contribution in [1.82, 2.24) is 0 Å². The molecule has 0 amide bonds. The molecular formula is C16H24O2. The summed E-state index contributed by atoms with van der Waals surface area (Å²) in [6.45, 7) is 8.79. The van der Waals surface area contributed by atoms with Crippen molar-refractivity contribution in [3.8, 4) is 5.75 Å². The summed E-state index contributed by atoms with van der Waals surface area (Å²) in [7, 11) is 1.73. The molecule has 1 aliphatic rings. The molecule has 0 N–H and O–H groups in total. The van der Waals surface area contributed by atoms with Gasteiger partial charge in [0.05, 0.1) is 19.3 Å². The summed E-state index contributed by atoms with van der Waals surface area (Å²) in [4.78, 5) is 0. The summed E-state index contributed by atoms with van der Waals surface area (Å²) in [5.41, 5.74) is 4.17. The van der Waals surface area contributed by atoms with Crippen LogP contribution in [0, 0.1) is 13.8 Å². The maximum absolute atomic E-state index is 5.57.